The number of rotatable bonds is 3. The molecule has 6 heteroatoms. The molecule has 1 saturated heterocycles. The summed E-state index contributed by atoms with van der Waals surface area (Å²) < 4.78 is 5.34. The zero-order chi connectivity index (χ0) is 12.3. The van der Waals surface area contributed by atoms with E-state index in [0.29, 0.717) is 11.0 Å². The Labute approximate surface area is 109 Å². The molecule has 1 fully saturated rings. The van der Waals surface area contributed by atoms with Crippen LogP contribution in [0.3, 0.4) is 0 Å². The number of halogens is 1. The van der Waals surface area contributed by atoms with Gasteiger partial charge in [-0.2, -0.15) is 0 Å². The fourth-order valence-electron chi connectivity index (χ4n) is 1.96. The van der Waals surface area contributed by atoms with E-state index in [9.17, 15) is 4.79 Å². The first-order chi connectivity index (χ1) is 8.20. The molecule has 1 aromatic rings. The Balaban J connectivity index is 2.09. The van der Waals surface area contributed by atoms with Gasteiger partial charge >= 0.3 is 0 Å². The Morgan fingerprint density at radius 1 is 1.59 bits per heavy atom. The second kappa shape index (κ2) is 5.80. The van der Waals surface area contributed by atoms with E-state index in [1.807, 2.05) is 6.92 Å². The molecule has 1 aromatic heterocycles. The number of nitrogens with one attached hydrogen (secondary N) is 1. The summed E-state index contributed by atoms with van der Waals surface area (Å²) >= 11 is 6.95. The van der Waals surface area contributed by atoms with E-state index in [4.69, 9.17) is 16.3 Å². The van der Waals surface area contributed by atoms with Crippen LogP contribution in [0, 0.1) is 6.92 Å². The lowest BCUT2D eigenvalue weighted by atomic mass is 9.96. The molecule has 0 spiro atoms. The summed E-state index contributed by atoms with van der Waals surface area (Å²) in [5, 5.41) is 3.34. The Hall–Kier alpha value is -0.650. The Kier molecular flexibility index (Phi) is 4.36. The van der Waals surface area contributed by atoms with Crippen molar-refractivity contribution >= 4 is 34.0 Å². The fourth-order valence-corrected chi connectivity index (χ4v) is 2.95. The van der Waals surface area contributed by atoms with E-state index < -0.39 is 0 Å². The van der Waals surface area contributed by atoms with Gasteiger partial charge < -0.3 is 10.1 Å². The second-order valence-electron chi connectivity index (χ2n) is 4.03. The third-order valence-electron chi connectivity index (χ3n) is 2.81. The van der Waals surface area contributed by atoms with Crippen molar-refractivity contribution in [3.05, 3.63) is 10.6 Å². The van der Waals surface area contributed by atoms with Gasteiger partial charge in [0.2, 0.25) is 5.91 Å². The summed E-state index contributed by atoms with van der Waals surface area (Å²) in [6, 6.07) is 0. The van der Waals surface area contributed by atoms with Crippen molar-refractivity contribution in [1.82, 2.24) is 4.98 Å². The van der Waals surface area contributed by atoms with Crippen LogP contribution in [0.25, 0.3) is 0 Å². The quantitative estimate of drug-likeness (QED) is 0.862. The molecular formula is C11H15ClN2O2S. The molecule has 0 bridgehead atoms. The van der Waals surface area contributed by atoms with E-state index in [2.05, 4.69) is 10.3 Å². The Morgan fingerprint density at radius 3 is 2.94 bits per heavy atom. The molecule has 1 aliphatic rings. The van der Waals surface area contributed by atoms with Gasteiger partial charge in [0.1, 0.15) is 5.88 Å². The predicted molar refractivity (Wildman–Crippen MR) is 69.0 cm³/mol. The lowest BCUT2D eigenvalue weighted by Crippen LogP contribution is -2.15. The van der Waals surface area contributed by atoms with Crippen molar-refractivity contribution in [1.29, 1.82) is 0 Å². The molecule has 0 aromatic carbocycles. The molecule has 0 aliphatic carbocycles. The first kappa shape index (κ1) is 12.8. The number of hydrogen-bond donors (Lipinski definition) is 1. The van der Waals surface area contributed by atoms with Gasteiger partial charge in [-0.15, -0.1) is 22.9 Å². The number of ether oxygens (including phenoxy) is 1. The third kappa shape index (κ3) is 3.18. The average Bonchev–Trinajstić information content (AvgIpc) is 2.71. The highest BCUT2D eigenvalue weighted by atomic mass is 35.5. The van der Waals surface area contributed by atoms with E-state index in [1.165, 1.54) is 16.2 Å². The van der Waals surface area contributed by atoms with Crippen LogP contribution in [0.1, 0.15) is 29.3 Å². The minimum absolute atomic E-state index is 0.0365. The number of carbonyl (C=O) groups excluding carboxylic acids is 1. The van der Waals surface area contributed by atoms with E-state index in [0.717, 1.165) is 31.7 Å². The van der Waals surface area contributed by atoms with Crippen molar-refractivity contribution in [2.45, 2.75) is 25.7 Å². The highest BCUT2D eigenvalue weighted by molar-refractivity contribution is 7.15. The molecule has 2 heterocycles. The van der Waals surface area contributed by atoms with Gasteiger partial charge in [0.25, 0.3) is 0 Å². The maximum absolute atomic E-state index is 11.2. The zero-order valence-electron chi connectivity index (χ0n) is 9.66. The Bertz CT molecular complexity index is 402. The largest absolute Gasteiger partial charge is 0.381 e. The molecule has 1 amide bonds. The molecular weight excluding hydrogens is 260 g/mol. The van der Waals surface area contributed by atoms with E-state index in [1.54, 1.807) is 0 Å². The summed E-state index contributed by atoms with van der Waals surface area (Å²) in [7, 11) is 0. The third-order valence-corrected chi connectivity index (χ3v) is 3.95. The number of thiazole rings is 1. The van der Waals surface area contributed by atoms with Crippen molar-refractivity contribution in [2.75, 3.05) is 24.4 Å². The average molecular weight is 275 g/mol. The number of amides is 1. The molecule has 94 valence electrons. The molecule has 17 heavy (non-hydrogen) atoms. The van der Waals surface area contributed by atoms with Crippen LogP contribution in [0.4, 0.5) is 5.13 Å². The van der Waals surface area contributed by atoms with Crippen molar-refractivity contribution < 1.29 is 9.53 Å². The number of hydrogen-bond acceptors (Lipinski definition) is 4. The van der Waals surface area contributed by atoms with Gasteiger partial charge in [-0.1, -0.05) is 0 Å². The van der Waals surface area contributed by atoms with Gasteiger partial charge in [-0.3, -0.25) is 4.79 Å². The molecule has 2 rings (SSSR count). The maximum atomic E-state index is 11.2. The molecule has 1 N–H and O–H groups in total. The van der Waals surface area contributed by atoms with Crippen LogP contribution in [-0.2, 0) is 9.53 Å². The zero-order valence-corrected chi connectivity index (χ0v) is 11.2. The minimum Gasteiger partial charge on any atom is -0.381 e. The molecule has 4 nitrogen and oxygen atoms in total. The number of aromatic nitrogens is 1. The van der Waals surface area contributed by atoms with Crippen molar-refractivity contribution in [3.8, 4) is 0 Å². The van der Waals surface area contributed by atoms with Crippen LogP contribution in [0.5, 0.6) is 0 Å². The SMILES string of the molecule is Cc1sc(NC(=O)CCl)nc1C1CCOCC1. The van der Waals surface area contributed by atoms with Crippen molar-refractivity contribution in [2.24, 2.45) is 0 Å². The minimum atomic E-state index is -0.209. The van der Waals surface area contributed by atoms with Gasteiger partial charge in [0, 0.05) is 24.0 Å². The van der Waals surface area contributed by atoms with Gasteiger partial charge in [-0.05, 0) is 19.8 Å². The summed E-state index contributed by atoms with van der Waals surface area (Å²) in [6.45, 7) is 3.63. The van der Waals surface area contributed by atoms with Crippen molar-refractivity contribution in [3.63, 3.8) is 0 Å². The van der Waals surface area contributed by atoms with Gasteiger partial charge in [0.05, 0.1) is 5.69 Å². The first-order valence-electron chi connectivity index (χ1n) is 5.61. The topological polar surface area (TPSA) is 51.2 Å². The smallest absolute Gasteiger partial charge is 0.241 e. The standard InChI is InChI=1S/C11H15ClN2O2S/c1-7-10(8-2-4-16-5-3-8)14-11(17-7)13-9(15)6-12/h8H,2-6H2,1H3,(H,13,14,15). The summed E-state index contributed by atoms with van der Waals surface area (Å²) in [5.74, 6) is 0.214. The summed E-state index contributed by atoms with van der Waals surface area (Å²) in [4.78, 5) is 16.8. The highest BCUT2D eigenvalue weighted by Crippen LogP contribution is 2.33. The monoisotopic (exact) mass is 274 g/mol. The lowest BCUT2D eigenvalue weighted by molar-refractivity contribution is -0.113. The van der Waals surface area contributed by atoms with Gasteiger partial charge in [0.15, 0.2) is 5.13 Å². The summed E-state index contributed by atoms with van der Waals surface area (Å²) in [6.07, 6.45) is 2.01. The predicted octanol–water partition coefficient (Wildman–Crippen LogP) is 2.52. The fraction of sp³-hybridized carbons (Fsp3) is 0.636. The molecule has 0 saturated carbocycles. The van der Waals surface area contributed by atoms with Crippen LogP contribution in [-0.4, -0.2) is 30.0 Å². The number of anilines is 1. The second-order valence-corrected chi connectivity index (χ2v) is 5.50. The first-order valence-corrected chi connectivity index (χ1v) is 6.96. The number of alkyl halides is 1. The van der Waals surface area contributed by atoms with Crippen LogP contribution >= 0.6 is 22.9 Å². The Morgan fingerprint density at radius 2 is 2.29 bits per heavy atom. The van der Waals surface area contributed by atoms with E-state index in [-0.39, 0.29) is 11.8 Å². The van der Waals surface area contributed by atoms with Crippen LogP contribution in [0.15, 0.2) is 0 Å². The van der Waals surface area contributed by atoms with Gasteiger partial charge in [-0.25, -0.2) is 4.98 Å². The normalized spacial score (nSPS) is 17.1. The summed E-state index contributed by atoms with van der Waals surface area (Å²) in [5.41, 5.74) is 1.10. The lowest BCUT2D eigenvalue weighted by Gasteiger charge is -2.20. The van der Waals surface area contributed by atoms with E-state index >= 15 is 0 Å². The van der Waals surface area contributed by atoms with Crippen LogP contribution < -0.4 is 5.32 Å². The number of nitrogens with zero attached hydrogens (tertiary/aromatic N) is 1. The maximum Gasteiger partial charge on any atom is 0.241 e. The number of carbonyl (C=O) groups is 1. The van der Waals surface area contributed by atoms with Crippen LogP contribution in [0.2, 0.25) is 0 Å². The highest BCUT2D eigenvalue weighted by Gasteiger charge is 2.21. The molecule has 1 aliphatic heterocycles. The number of aryl methyl sites for hydroxylation is 1. The molecule has 0 unspecified atom stereocenters. The molecule has 0 atom stereocenters. The molecule has 0 radical (unpaired) electrons.